The molecule has 84 valence electrons. The predicted molar refractivity (Wildman–Crippen MR) is 59.0 cm³/mol. The molecule has 1 heterocycles. The first-order valence-electron chi connectivity index (χ1n) is 4.16. The molecule has 0 fully saturated rings. The van der Waals surface area contributed by atoms with Crippen molar-refractivity contribution in [1.29, 1.82) is 0 Å². The maximum atomic E-state index is 11.6. The van der Waals surface area contributed by atoms with Crippen LogP contribution in [0.5, 0.6) is 0 Å². The molecule has 15 heavy (non-hydrogen) atoms. The molecule has 0 amide bonds. The van der Waals surface area contributed by atoms with Crippen LogP contribution in [0.1, 0.15) is 0 Å². The van der Waals surface area contributed by atoms with Gasteiger partial charge in [-0.25, -0.2) is 18.1 Å². The third-order valence-electron chi connectivity index (χ3n) is 1.61. The fraction of sp³-hybridized carbons (Fsp3) is 0.375. The number of methoxy groups -OCH3 is 1. The molecule has 0 saturated heterocycles. The standard InChI is InChI=1S/C8H11BrN2O3S/c1-14-5-4-11-15(12,13)7-2-3-8(9)10-6-7/h2-3,6,11H,4-5H2,1H3. The lowest BCUT2D eigenvalue weighted by atomic mass is 10.5. The zero-order valence-corrected chi connectivity index (χ0v) is 10.5. The van der Waals surface area contributed by atoms with Gasteiger partial charge in [0.2, 0.25) is 10.0 Å². The molecule has 0 aromatic carbocycles. The first-order valence-corrected chi connectivity index (χ1v) is 6.44. The third kappa shape index (κ3) is 3.86. The van der Waals surface area contributed by atoms with Crippen LogP contribution in [-0.4, -0.2) is 33.7 Å². The summed E-state index contributed by atoms with van der Waals surface area (Å²) in [5.74, 6) is 0. The summed E-state index contributed by atoms with van der Waals surface area (Å²) in [6.07, 6.45) is 1.29. The summed E-state index contributed by atoms with van der Waals surface area (Å²) in [4.78, 5) is 3.98. The van der Waals surface area contributed by atoms with Gasteiger partial charge in [-0.3, -0.25) is 0 Å². The van der Waals surface area contributed by atoms with Crippen molar-refractivity contribution in [2.75, 3.05) is 20.3 Å². The smallest absolute Gasteiger partial charge is 0.242 e. The van der Waals surface area contributed by atoms with Crippen molar-refractivity contribution < 1.29 is 13.2 Å². The van der Waals surface area contributed by atoms with Crippen LogP contribution in [-0.2, 0) is 14.8 Å². The number of hydrogen-bond acceptors (Lipinski definition) is 4. The topological polar surface area (TPSA) is 68.3 Å². The van der Waals surface area contributed by atoms with Crippen LogP contribution in [0.25, 0.3) is 0 Å². The van der Waals surface area contributed by atoms with Gasteiger partial charge in [0, 0.05) is 19.9 Å². The number of pyridine rings is 1. The molecule has 0 unspecified atom stereocenters. The second-order valence-corrected chi connectivity index (χ2v) is 5.29. The van der Waals surface area contributed by atoms with Gasteiger partial charge >= 0.3 is 0 Å². The zero-order chi connectivity index (χ0) is 11.3. The molecule has 0 atom stereocenters. The molecule has 0 saturated carbocycles. The Kier molecular flexibility index (Phi) is 4.65. The Balaban J connectivity index is 2.73. The SMILES string of the molecule is COCCNS(=O)(=O)c1ccc(Br)nc1. The molecule has 5 nitrogen and oxygen atoms in total. The van der Waals surface area contributed by atoms with Gasteiger partial charge in [0.15, 0.2) is 0 Å². The van der Waals surface area contributed by atoms with E-state index in [1.165, 1.54) is 19.4 Å². The minimum atomic E-state index is -3.46. The average molecular weight is 295 g/mol. The molecule has 0 aliphatic carbocycles. The Bertz CT molecular complexity index is 404. The van der Waals surface area contributed by atoms with E-state index in [1.807, 2.05) is 0 Å². The highest BCUT2D eigenvalue weighted by Crippen LogP contribution is 2.10. The highest BCUT2D eigenvalue weighted by molar-refractivity contribution is 9.10. The zero-order valence-electron chi connectivity index (χ0n) is 8.10. The van der Waals surface area contributed by atoms with Crippen LogP contribution in [0.2, 0.25) is 0 Å². The van der Waals surface area contributed by atoms with Gasteiger partial charge in [0.05, 0.1) is 6.61 Å². The summed E-state index contributed by atoms with van der Waals surface area (Å²) < 4.78 is 30.9. The Labute approximate surface area is 97.0 Å². The van der Waals surface area contributed by atoms with E-state index in [4.69, 9.17) is 4.74 Å². The number of ether oxygens (including phenoxy) is 1. The number of aromatic nitrogens is 1. The summed E-state index contributed by atoms with van der Waals surface area (Å²) >= 11 is 3.13. The molecule has 1 aromatic heterocycles. The van der Waals surface area contributed by atoms with Crippen molar-refractivity contribution in [2.45, 2.75) is 4.90 Å². The van der Waals surface area contributed by atoms with Gasteiger partial charge < -0.3 is 4.74 Å². The van der Waals surface area contributed by atoms with E-state index in [0.29, 0.717) is 11.2 Å². The van der Waals surface area contributed by atoms with Crippen molar-refractivity contribution in [3.05, 3.63) is 22.9 Å². The number of sulfonamides is 1. The van der Waals surface area contributed by atoms with Crippen LogP contribution < -0.4 is 4.72 Å². The normalized spacial score (nSPS) is 11.6. The first kappa shape index (κ1) is 12.6. The lowest BCUT2D eigenvalue weighted by Crippen LogP contribution is -2.27. The van der Waals surface area contributed by atoms with Crippen LogP contribution in [0, 0.1) is 0 Å². The summed E-state index contributed by atoms with van der Waals surface area (Å²) in [6, 6.07) is 3.05. The van der Waals surface area contributed by atoms with E-state index in [0.717, 1.165) is 0 Å². The van der Waals surface area contributed by atoms with E-state index in [-0.39, 0.29) is 11.4 Å². The first-order chi connectivity index (χ1) is 7.06. The molecule has 0 radical (unpaired) electrons. The molecular weight excluding hydrogens is 284 g/mol. The summed E-state index contributed by atoms with van der Waals surface area (Å²) in [5.41, 5.74) is 0. The van der Waals surface area contributed by atoms with E-state index in [2.05, 4.69) is 25.6 Å². The molecule has 0 aliphatic rings. The fourth-order valence-corrected chi connectivity index (χ4v) is 2.07. The van der Waals surface area contributed by atoms with Gasteiger partial charge in [-0.2, -0.15) is 0 Å². The Morgan fingerprint density at radius 3 is 2.80 bits per heavy atom. The quantitative estimate of drug-likeness (QED) is 0.643. The summed E-state index contributed by atoms with van der Waals surface area (Å²) in [7, 11) is -1.95. The van der Waals surface area contributed by atoms with Crippen molar-refractivity contribution in [3.63, 3.8) is 0 Å². The molecule has 1 aromatic rings. The Hall–Kier alpha value is -0.500. The number of halogens is 1. The van der Waals surface area contributed by atoms with Crippen LogP contribution in [0.15, 0.2) is 27.8 Å². The number of nitrogens with zero attached hydrogens (tertiary/aromatic N) is 1. The van der Waals surface area contributed by atoms with E-state index in [1.54, 1.807) is 6.07 Å². The van der Waals surface area contributed by atoms with Crippen LogP contribution in [0.3, 0.4) is 0 Å². The van der Waals surface area contributed by atoms with Gasteiger partial charge in [0.1, 0.15) is 9.50 Å². The lowest BCUT2D eigenvalue weighted by Gasteiger charge is -2.05. The molecule has 1 rings (SSSR count). The van der Waals surface area contributed by atoms with Crippen molar-refractivity contribution in [3.8, 4) is 0 Å². The average Bonchev–Trinajstić information content (AvgIpc) is 2.18. The second-order valence-electron chi connectivity index (χ2n) is 2.71. The van der Waals surface area contributed by atoms with Crippen molar-refractivity contribution in [2.24, 2.45) is 0 Å². The van der Waals surface area contributed by atoms with Gasteiger partial charge in [-0.1, -0.05) is 0 Å². The van der Waals surface area contributed by atoms with E-state index in [9.17, 15) is 8.42 Å². The van der Waals surface area contributed by atoms with Crippen LogP contribution in [0.4, 0.5) is 0 Å². The molecule has 7 heteroatoms. The fourth-order valence-electron chi connectivity index (χ4n) is 0.883. The minimum Gasteiger partial charge on any atom is -0.383 e. The summed E-state index contributed by atoms with van der Waals surface area (Å²) in [5, 5.41) is 0. The highest BCUT2D eigenvalue weighted by Gasteiger charge is 2.12. The third-order valence-corrected chi connectivity index (χ3v) is 3.52. The van der Waals surface area contributed by atoms with Crippen LogP contribution >= 0.6 is 15.9 Å². The molecule has 0 bridgehead atoms. The molecule has 1 N–H and O–H groups in total. The Morgan fingerprint density at radius 1 is 1.53 bits per heavy atom. The number of nitrogens with one attached hydrogen (secondary N) is 1. The second kappa shape index (κ2) is 5.55. The largest absolute Gasteiger partial charge is 0.383 e. The highest BCUT2D eigenvalue weighted by atomic mass is 79.9. The predicted octanol–water partition coefficient (Wildman–Crippen LogP) is 0.769. The molecular formula is C8H11BrN2O3S. The summed E-state index contributed by atoms with van der Waals surface area (Å²) in [6.45, 7) is 0.581. The maximum absolute atomic E-state index is 11.6. The monoisotopic (exact) mass is 294 g/mol. The minimum absolute atomic E-state index is 0.141. The number of rotatable bonds is 5. The Morgan fingerprint density at radius 2 is 2.27 bits per heavy atom. The van der Waals surface area contributed by atoms with E-state index < -0.39 is 10.0 Å². The number of hydrogen-bond donors (Lipinski definition) is 1. The van der Waals surface area contributed by atoms with Gasteiger partial charge in [-0.05, 0) is 28.1 Å². The van der Waals surface area contributed by atoms with Crippen molar-refractivity contribution >= 4 is 26.0 Å². The van der Waals surface area contributed by atoms with E-state index >= 15 is 0 Å². The maximum Gasteiger partial charge on any atom is 0.242 e. The molecule has 0 aliphatic heterocycles. The molecule has 0 spiro atoms. The van der Waals surface area contributed by atoms with Gasteiger partial charge in [-0.15, -0.1) is 0 Å². The van der Waals surface area contributed by atoms with Crippen molar-refractivity contribution in [1.82, 2.24) is 9.71 Å². The van der Waals surface area contributed by atoms with Gasteiger partial charge in [0.25, 0.3) is 0 Å². The lowest BCUT2D eigenvalue weighted by molar-refractivity contribution is 0.204.